The molecule has 2 heterocycles. The van der Waals surface area contributed by atoms with E-state index < -0.39 is 0 Å². The van der Waals surface area contributed by atoms with E-state index in [4.69, 9.17) is 9.72 Å². The van der Waals surface area contributed by atoms with Gasteiger partial charge in [-0.25, -0.2) is 4.98 Å². The number of methoxy groups -OCH3 is 1. The number of hydrogen-bond donors (Lipinski definition) is 0. The lowest BCUT2D eigenvalue weighted by molar-refractivity contribution is -0.130. The maximum Gasteiger partial charge on any atom is 0.219 e. The van der Waals surface area contributed by atoms with Crippen molar-refractivity contribution in [2.24, 2.45) is 0 Å². The van der Waals surface area contributed by atoms with E-state index in [0.29, 0.717) is 5.92 Å². The standard InChI is InChI=1S/C17H20N2O2S/c1-12(20)19-8-4-6-14(10-19)17-18-16(11-22-17)13-5-3-7-15(9-13)21-2/h3,5,7,9,11,14H,4,6,8,10H2,1-2H3. The van der Waals surface area contributed by atoms with Crippen LogP contribution in [0.4, 0.5) is 0 Å². The van der Waals surface area contributed by atoms with Crippen LogP contribution in [0.2, 0.25) is 0 Å². The van der Waals surface area contributed by atoms with Crippen LogP contribution in [0, 0.1) is 0 Å². The number of amides is 1. The summed E-state index contributed by atoms with van der Waals surface area (Å²) in [5.74, 6) is 1.36. The van der Waals surface area contributed by atoms with Gasteiger partial charge in [0.25, 0.3) is 0 Å². The van der Waals surface area contributed by atoms with Gasteiger partial charge in [0.05, 0.1) is 17.8 Å². The summed E-state index contributed by atoms with van der Waals surface area (Å²) in [5, 5.41) is 3.22. The average molecular weight is 316 g/mol. The third kappa shape index (κ3) is 3.14. The van der Waals surface area contributed by atoms with Gasteiger partial charge in [-0.1, -0.05) is 12.1 Å². The molecule has 1 unspecified atom stereocenters. The molecule has 3 rings (SSSR count). The zero-order valence-corrected chi connectivity index (χ0v) is 13.7. The fraction of sp³-hybridized carbons (Fsp3) is 0.412. The number of piperidine rings is 1. The van der Waals surface area contributed by atoms with Crippen molar-refractivity contribution in [3.8, 4) is 17.0 Å². The Balaban J connectivity index is 1.79. The van der Waals surface area contributed by atoms with Crippen LogP contribution in [-0.2, 0) is 4.79 Å². The first kappa shape index (κ1) is 15.0. The van der Waals surface area contributed by atoms with Crippen molar-refractivity contribution < 1.29 is 9.53 Å². The van der Waals surface area contributed by atoms with Gasteiger partial charge in [0.1, 0.15) is 5.75 Å². The molecular formula is C17H20N2O2S. The summed E-state index contributed by atoms with van der Waals surface area (Å²) in [5.41, 5.74) is 2.06. The van der Waals surface area contributed by atoms with Crippen molar-refractivity contribution >= 4 is 17.2 Å². The fourth-order valence-corrected chi connectivity index (χ4v) is 3.81. The summed E-state index contributed by atoms with van der Waals surface area (Å²) in [6.45, 7) is 3.31. The number of nitrogens with zero attached hydrogens (tertiary/aromatic N) is 2. The van der Waals surface area contributed by atoms with Gasteiger partial charge in [-0.05, 0) is 25.0 Å². The van der Waals surface area contributed by atoms with Gasteiger partial charge in [-0.3, -0.25) is 4.79 Å². The van der Waals surface area contributed by atoms with Gasteiger partial charge in [-0.15, -0.1) is 11.3 Å². The van der Waals surface area contributed by atoms with Crippen LogP contribution < -0.4 is 4.74 Å². The summed E-state index contributed by atoms with van der Waals surface area (Å²) in [6.07, 6.45) is 2.16. The lowest BCUT2D eigenvalue weighted by Crippen LogP contribution is -2.37. The third-order valence-electron chi connectivity index (χ3n) is 4.10. The minimum Gasteiger partial charge on any atom is -0.497 e. The summed E-state index contributed by atoms with van der Waals surface area (Å²) >= 11 is 1.69. The predicted molar refractivity (Wildman–Crippen MR) is 88.3 cm³/mol. The van der Waals surface area contributed by atoms with Gasteiger partial charge < -0.3 is 9.64 Å². The molecule has 0 spiro atoms. The first-order valence-corrected chi connectivity index (χ1v) is 8.40. The maximum atomic E-state index is 11.6. The van der Waals surface area contributed by atoms with E-state index in [1.54, 1.807) is 25.4 Å². The van der Waals surface area contributed by atoms with Gasteiger partial charge in [0, 0.05) is 36.9 Å². The molecule has 0 N–H and O–H groups in total. The lowest BCUT2D eigenvalue weighted by atomic mass is 9.98. The molecule has 1 saturated heterocycles. The quantitative estimate of drug-likeness (QED) is 0.870. The zero-order chi connectivity index (χ0) is 15.5. The Morgan fingerprint density at radius 1 is 1.45 bits per heavy atom. The lowest BCUT2D eigenvalue weighted by Gasteiger charge is -2.30. The van der Waals surface area contributed by atoms with Crippen LogP contribution in [0.3, 0.4) is 0 Å². The minimum atomic E-state index is 0.161. The number of thiazole rings is 1. The SMILES string of the molecule is COc1cccc(-c2csc(C3CCCN(C(C)=O)C3)n2)c1. The number of likely N-dealkylation sites (tertiary alicyclic amines) is 1. The van der Waals surface area contributed by atoms with Crippen molar-refractivity contribution in [2.45, 2.75) is 25.7 Å². The number of carbonyl (C=O) groups excluding carboxylic acids is 1. The summed E-state index contributed by atoms with van der Waals surface area (Å²) in [7, 11) is 1.67. The van der Waals surface area contributed by atoms with E-state index in [0.717, 1.165) is 47.9 Å². The fourth-order valence-electron chi connectivity index (χ4n) is 2.85. The second-order valence-electron chi connectivity index (χ2n) is 5.61. The number of rotatable bonds is 3. The molecule has 1 aromatic carbocycles. The number of carbonyl (C=O) groups is 1. The predicted octanol–water partition coefficient (Wildman–Crippen LogP) is 3.54. The number of benzene rings is 1. The van der Waals surface area contributed by atoms with E-state index in [1.165, 1.54) is 0 Å². The van der Waals surface area contributed by atoms with E-state index in [9.17, 15) is 4.79 Å². The summed E-state index contributed by atoms with van der Waals surface area (Å²) in [4.78, 5) is 18.3. The van der Waals surface area contributed by atoms with Crippen LogP contribution in [0.5, 0.6) is 5.75 Å². The smallest absolute Gasteiger partial charge is 0.219 e. The van der Waals surface area contributed by atoms with Crippen molar-refractivity contribution in [1.29, 1.82) is 0 Å². The monoisotopic (exact) mass is 316 g/mol. The van der Waals surface area contributed by atoms with Crippen LogP contribution in [0.1, 0.15) is 30.7 Å². The van der Waals surface area contributed by atoms with Gasteiger partial charge in [-0.2, -0.15) is 0 Å². The third-order valence-corrected chi connectivity index (χ3v) is 5.11. The Labute approximate surface area is 134 Å². The Kier molecular flexibility index (Phi) is 4.43. The number of ether oxygens (including phenoxy) is 1. The highest BCUT2D eigenvalue weighted by Crippen LogP contribution is 2.32. The van der Waals surface area contributed by atoms with E-state index in [-0.39, 0.29) is 5.91 Å². The van der Waals surface area contributed by atoms with Crippen molar-refractivity contribution in [3.63, 3.8) is 0 Å². The Morgan fingerprint density at radius 3 is 3.09 bits per heavy atom. The molecule has 0 aliphatic carbocycles. The molecule has 1 aliphatic rings. The highest BCUT2D eigenvalue weighted by atomic mass is 32.1. The second-order valence-corrected chi connectivity index (χ2v) is 6.50. The van der Waals surface area contributed by atoms with Gasteiger partial charge in [0.15, 0.2) is 0 Å². The minimum absolute atomic E-state index is 0.161. The molecule has 116 valence electrons. The highest BCUT2D eigenvalue weighted by molar-refractivity contribution is 7.10. The average Bonchev–Trinajstić information content (AvgIpc) is 3.05. The number of aromatic nitrogens is 1. The molecule has 1 fully saturated rings. The first-order chi connectivity index (χ1) is 10.7. The molecule has 1 aromatic heterocycles. The molecule has 0 radical (unpaired) electrons. The van der Waals surface area contributed by atoms with E-state index in [2.05, 4.69) is 5.38 Å². The molecule has 1 amide bonds. The molecule has 1 atom stereocenters. The summed E-state index contributed by atoms with van der Waals surface area (Å²) in [6, 6.07) is 7.96. The van der Waals surface area contributed by atoms with Crippen LogP contribution in [0.15, 0.2) is 29.6 Å². The normalized spacial score (nSPS) is 18.3. The highest BCUT2D eigenvalue weighted by Gasteiger charge is 2.25. The molecule has 0 bridgehead atoms. The van der Waals surface area contributed by atoms with Gasteiger partial charge in [0.2, 0.25) is 5.91 Å². The van der Waals surface area contributed by atoms with Gasteiger partial charge >= 0.3 is 0 Å². The second kappa shape index (κ2) is 6.48. The Hall–Kier alpha value is -1.88. The molecule has 5 heteroatoms. The maximum absolute atomic E-state index is 11.6. The molecular weight excluding hydrogens is 296 g/mol. The van der Waals surface area contributed by atoms with Crippen molar-refractivity contribution in [1.82, 2.24) is 9.88 Å². The molecule has 22 heavy (non-hydrogen) atoms. The Morgan fingerprint density at radius 2 is 2.32 bits per heavy atom. The zero-order valence-electron chi connectivity index (χ0n) is 12.9. The number of hydrogen-bond acceptors (Lipinski definition) is 4. The van der Waals surface area contributed by atoms with Crippen molar-refractivity contribution in [2.75, 3.05) is 20.2 Å². The van der Waals surface area contributed by atoms with Crippen molar-refractivity contribution in [3.05, 3.63) is 34.7 Å². The Bertz CT molecular complexity index is 668. The molecule has 4 nitrogen and oxygen atoms in total. The van der Waals surface area contributed by atoms with Crippen LogP contribution in [-0.4, -0.2) is 36.0 Å². The summed E-state index contributed by atoms with van der Waals surface area (Å²) < 4.78 is 5.27. The first-order valence-electron chi connectivity index (χ1n) is 7.52. The largest absolute Gasteiger partial charge is 0.497 e. The van der Waals surface area contributed by atoms with E-state index in [1.807, 2.05) is 29.2 Å². The molecule has 1 aliphatic heterocycles. The van der Waals surface area contributed by atoms with E-state index >= 15 is 0 Å². The van der Waals surface area contributed by atoms with Crippen LogP contribution in [0.25, 0.3) is 11.3 Å². The topological polar surface area (TPSA) is 42.4 Å². The molecule has 0 saturated carbocycles. The molecule has 2 aromatic rings. The van der Waals surface area contributed by atoms with Crippen LogP contribution >= 0.6 is 11.3 Å².